The van der Waals surface area contributed by atoms with Gasteiger partial charge in [-0.15, -0.1) is 0 Å². The van der Waals surface area contributed by atoms with Crippen LogP contribution in [0.25, 0.3) is 0 Å². The molecule has 2 aromatic rings. The number of amides is 2. The first-order valence-electron chi connectivity index (χ1n) is 9.43. The number of carbonyl (C=O) groups excluding carboxylic acids is 1. The average Bonchev–Trinajstić information content (AvgIpc) is 2.95. The molecule has 142 valence electrons. The number of nitrogens with one attached hydrogen (secondary N) is 1. The van der Waals surface area contributed by atoms with Crippen molar-refractivity contribution in [1.29, 1.82) is 0 Å². The topological polar surface area (TPSA) is 50.8 Å². The number of ether oxygens (including phenoxy) is 2. The van der Waals surface area contributed by atoms with Crippen molar-refractivity contribution in [2.24, 2.45) is 0 Å². The zero-order valence-corrected chi connectivity index (χ0v) is 15.9. The molecule has 2 amide bonds. The van der Waals surface area contributed by atoms with Gasteiger partial charge in [0.25, 0.3) is 0 Å². The Morgan fingerprint density at radius 3 is 2.59 bits per heavy atom. The summed E-state index contributed by atoms with van der Waals surface area (Å²) in [5.74, 6) is 1.39. The van der Waals surface area contributed by atoms with Crippen LogP contribution >= 0.6 is 11.6 Å². The third-order valence-corrected chi connectivity index (χ3v) is 5.31. The lowest BCUT2D eigenvalue weighted by atomic mass is 10.0. The van der Waals surface area contributed by atoms with E-state index in [1.807, 2.05) is 47.4 Å². The largest absolute Gasteiger partial charge is 0.486 e. The number of hydrogen-bond acceptors (Lipinski definition) is 3. The summed E-state index contributed by atoms with van der Waals surface area (Å²) in [5, 5.41) is 3.73. The summed E-state index contributed by atoms with van der Waals surface area (Å²) in [7, 11) is 0. The van der Waals surface area contributed by atoms with Gasteiger partial charge in [-0.2, -0.15) is 0 Å². The van der Waals surface area contributed by atoms with Crippen LogP contribution in [0.5, 0.6) is 11.5 Å². The van der Waals surface area contributed by atoms with Gasteiger partial charge in [0.15, 0.2) is 11.5 Å². The molecule has 2 aromatic carbocycles. The standard InChI is InChI=1S/C21H23ClN2O3/c22-16-7-5-15(6-8-16)18-4-2-1-3-11-24(18)21(25)23-17-9-10-19-20(14-17)27-13-12-26-19/h5-10,14,18H,1-4,11-13H2,(H,23,25). The summed E-state index contributed by atoms with van der Waals surface area (Å²) in [5.41, 5.74) is 1.84. The van der Waals surface area contributed by atoms with Crippen LogP contribution in [0.15, 0.2) is 42.5 Å². The van der Waals surface area contributed by atoms with Gasteiger partial charge < -0.3 is 19.7 Å². The van der Waals surface area contributed by atoms with Crippen LogP contribution in [-0.4, -0.2) is 30.7 Å². The first-order valence-corrected chi connectivity index (χ1v) is 9.81. The van der Waals surface area contributed by atoms with Crippen molar-refractivity contribution in [3.63, 3.8) is 0 Å². The minimum atomic E-state index is -0.0893. The van der Waals surface area contributed by atoms with E-state index < -0.39 is 0 Å². The van der Waals surface area contributed by atoms with E-state index >= 15 is 0 Å². The van der Waals surface area contributed by atoms with E-state index in [2.05, 4.69) is 5.32 Å². The molecule has 1 saturated heterocycles. The number of urea groups is 1. The lowest BCUT2D eigenvalue weighted by molar-refractivity contribution is 0.171. The highest BCUT2D eigenvalue weighted by Gasteiger charge is 2.27. The molecular weight excluding hydrogens is 364 g/mol. The summed E-state index contributed by atoms with van der Waals surface area (Å²) in [4.78, 5) is 15.0. The molecule has 0 spiro atoms. The highest BCUT2D eigenvalue weighted by molar-refractivity contribution is 6.30. The van der Waals surface area contributed by atoms with Crippen molar-refractivity contribution < 1.29 is 14.3 Å². The summed E-state index contributed by atoms with van der Waals surface area (Å²) >= 11 is 6.03. The molecule has 1 atom stereocenters. The molecule has 0 radical (unpaired) electrons. The molecule has 2 aliphatic rings. The molecule has 0 bridgehead atoms. The number of benzene rings is 2. The Morgan fingerprint density at radius 2 is 1.78 bits per heavy atom. The normalized spacial score (nSPS) is 19.3. The molecule has 6 heteroatoms. The lowest BCUT2D eigenvalue weighted by Crippen LogP contribution is -2.38. The molecular formula is C21H23ClN2O3. The average molecular weight is 387 g/mol. The Hall–Kier alpha value is -2.40. The van der Waals surface area contributed by atoms with Crippen molar-refractivity contribution in [3.05, 3.63) is 53.1 Å². The second kappa shape index (κ2) is 8.09. The second-order valence-electron chi connectivity index (χ2n) is 6.90. The molecule has 1 N–H and O–H groups in total. The Labute approximate surface area is 164 Å². The molecule has 2 aliphatic heterocycles. The minimum Gasteiger partial charge on any atom is -0.486 e. The monoisotopic (exact) mass is 386 g/mol. The quantitative estimate of drug-likeness (QED) is 0.765. The van der Waals surface area contributed by atoms with Gasteiger partial charge in [-0.1, -0.05) is 36.6 Å². The number of hydrogen-bond donors (Lipinski definition) is 1. The Kier molecular flexibility index (Phi) is 5.39. The van der Waals surface area contributed by atoms with E-state index in [1.165, 1.54) is 0 Å². The molecule has 2 heterocycles. The van der Waals surface area contributed by atoms with Crippen LogP contribution in [0.3, 0.4) is 0 Å². The molecule has 0 aromatic heterocycles. The number of nitrogens with zero attached hydrogens (tertiary/aromatic N) is 1. The molecule has 1 fully saturated rings. The number of carbonyl (C=O) groups is 1. The van der Waals surface area contributed by atoms with E-state index in [4.69, 9.17) is 21.1 Å². The maximum absolute atomic E-state index is 13.1. The van der Waals surface area contributed by atoms with Crippen molar-refractivity contribution in [2.75, 3.05) is 25.1 Å². The fourth-order valence-corrected chi connectivity index (χ4v) is 3.83. The fourth-order valence-electron chi connectivity index (χ4n) is 3.70. The first-order chi connectivity index (χ1) is 13.2. The zero-order valence-electron chi connectivity index (χ0n) is 15.1. The van der Waals surface area contributed by atoms with Crippen LogP contribution < -0.4 is 14.8 Å². The van der Waals surface area contributed by atoms with E-state index in [9.17, 15) is 4.79 Å². The minimum absolute atomic E-state index is 0.0574. The molecule has 1 unspecified atom stereocenters. The highest BCUT2D eigenvalue weighted by Crippen LogP contribution is 2.34. The van der Waals surface area contributed by atoms with Crippen LogP contribution in [0.4, 0.5) is 10.5 Å². The van der Waals surface area contributed by atoms with Gasteiger partial charge >= 0.3 is 6.03 Å². The maximum atomic E-state index is 13.1. The van der Waals surface area contributed by atoms with Gasteiger partial charge in [0, 0.05) is 23.3 Å². The molecule has 0 aliphatic carbocycles. The maximum Gasteiger partial charge on any atom is 0.322 e. The third-order valence-electron chi connectivity index (χ3n) is 5.06. The van der Waals surface area contributed by atoms with Crippen LogP contribution in [0.1, 0.15) is 37.3 Å². The Bertz CT molecular complexity index is 810. The van der Waals surface area contributed by atoms with Crippen LogP contribution in [-0.2, 0) is 0 Å². The third kappa shape index (κ3) is 4.14. The lowest BCUT2D eigenvalue weighted by Gasteiger charge is -2.31. The van der Waals surface area contributed by atoms with E-state index in [-0.39, 0.29) is 12.1 Å². The van der Waals surface area contributed by atoms with Gasteiger partial charge in [-0.3, -0.25) is 0 Å². The number of anilines is 1. The number of likely N-dealkylation sites (tertiary alicyclic amines) is 1. The smallest absolute Gasteiger partial charge is 0.322 e. The van der Waals surface area contributed by atoms with Gasteiger partial charge in [0.05, 0.1) is 6.04 Å². The highest BCUT2D eigenvalue weighted by atomic mass is 35.5. The van der Waals surface area contributed by atoms with Crippen molar-refractivity contribution >= 4 is 23.3 Å². The molecule has 4 rings (SSSR count). The Balaban J connectivity index is 1.53. The van der Waals surface area contributed by atoms with Gasteiger partial charge in [0.1, 0.15) is 13.2 Å². The van der Waals surface area contributed by atoms with Crippen molar-refractivity contribution in [3.8, 4) is 11.5 Å². The summed E-state index contributed by atoms with van der Waals surface area (Å²) in [6.07, 6.45) is 4.22. The number of halogens is 1. The van der Waals surface area contributed by atoms with Gasteiger partial charge in [-0.05, 0) is 42.7 Å². The molecule has 0 saturated carbocycles. The van der Waals surface area contributed by atoms with Gasteiger partial charge in [-0.25, -0.2) is 4.79 Å². The van der Waals surface area contributed by atoms with E-state index in [0.29, 0.717) is 35.4 Å². The zero-order chi connectivity index (χ0) is 18.6. The number of fused-ring (bicyclic) bond motifs is 1. The molecule has 5 nitrogen and oxygen atoms in total. The number of rotatable bonds is 2. The SMILES string of the molecule is O=C(Nc1ccc2c(c1)OCCO2)N1CCCCCC1c1ccc(Cl)cc1. The van der Waals surface area contributed by atoms with Crippen molar-refractivity contribution in [1.82, 2.24) is 4.90 Å². The van der Waals surface area contributed by atoms with E-state index in [0.717, 1.165) is 37.8 Å². The van der Waals surface area contributed by atoms with E-state index in [1.54, 1.807) is 0 Å². The van der Waals surface area contributed by atoms with Crippen LogP contribution in [0.2, 0.25) is 5.02 Å². The predicted molar refractivity (Wildman–Crippen MR) is 106 cm³/mol. The fraction of sp³-hybridized carbons (Fsp3) is 0.381. The second-order valence-corrected chi connectivity index (χ2v) is 7.34. The van der Waals surface area contributed by atoms with Crippen molar-refractivity contribution in [2.45, 2.75) is 31.7 Å². The van der Waals surface area contributed by atoms with Crippen LogP contribution in [0, 0.1) is 0 Å². The first kappa shape index (κ1) is 18.0. The summed E-state index contributed by atoms with van der Waals surface area (Å²) < 4.78 is 11.2. The summed E-state index contributed by atoms with van der Waals surface area (Å²) in [6, 6.07) is 13.3. The van der Waals surface area contributed by atoms with Gasteiger partial charge in [0.2, 0.25) is 0 Å². The Morgan fingerprint density at radius 1 is 1.00 bits per heavy atom. The predicted octanol–water partition coefficient (Wildman–Crippen LogP) is 5.26. The summed E-state index contributed by atoms with van der Waals surface area (Å²) in [6.45, 7) is 1.81. The molecule has 27 heavy (non-hydrogen) atoms.